The first-order chi connectivity index (χ1) is 9.78. The van der Waals surface area contributed by atoms with Crippen molar-refractivity contribution in [2.75, 3.05) is 38.7 Å². The Morgan fingerprint density at radius 2 is 2.20 bits per heavy atom. The Hall–Kier alpha value is -1.13. The van der Waals surface area contributed by atoms with Crippen LogP contribution in [-0.2, 0) is 11.3 Å². The fourth-order valence-electron chi connectivity index (χ4n) is 2.65. The molecule has 0 amide bonds. The van der Waals surface area contributed by atoms with Gasteiger partial charge in [0.1, 0.15) is 0 Å². The van der Waals surface area contributed by atoms with E-state index in [0.29, 0.717) is 0 Å². The fraction of sp³-hybridized carbons (Fsp3) is 0.688. The second-order valence-corrected chi connectivity index (χ2v) is 5.72. The summed E-state index contributed by atoms with van der Waals surface area (Å²) in [4.78, 5) is 6.85. The van der Waals surface area contributed by atoms with Gasteiger partial charge in [0.2, 0.25) is 0 Å². The lowest BCUT2D eigenvalue weighted by Gasteiger charge is -2.27. The van der Waals surface area contributed by atoms with Gasteiger partial charge >= 0.3 is 0 Å². The molecular weight excluding hydrogens is 250 g/mol. The Labute approximate surface area is 122 Å². The second-order valence-electron chi connectivity index (χ2n) is 5.72. The summed E-state index contributed by atoms with van der Waals surface area (Å²) in [6.45, 7) is 7.09. The monoisotopic (exact) mass is 277 g/mol. The van der Waals surface area contributed by atoms with Crippen molar-refractivity contribution in [3.63, 3.8) is 0 Å². The van der Waals surface area contributed by atoms with E-state index in [4.69, 9.17) is 4.74 Å². The van der Waals surface area contributed by atoms with Crippen LogP contribution in [0.3, 0.4) is 0 Å². The van der Waals surface area contributed by atoms with Crippen molar-refractivity contribution in [1.29, 1.82) is 0 Å². The maximum atomic E-state index is 5.41. The molecule has 0 aliphatic carbocycles. The average Bonchev–Trinajstić information content (AvgIpc) is 2.46. The van der Waals surface area contributed by atoms with Crippen LogP contribution in [0.4, 0.5) is 5.69 Å². The number of nitrogens with one attached hydrogen (secondary N) is 1. The molecule has 1 saturated heterocycles. The summed E-state index contributed by atoms with van der Waals surface area (Å²) in [6, 6.07) is 4.20. The summed E-state index contributed by atoms with van der Waals surface area (Å²) in [7, 11) is 2.18. The lowest BCUT2D eigenvalue weighted by molar-refractivity contribution is 0.0548. The van der Waals surface area contributed by atoms with Crippen LogP contribution in [0, 0.1) is 5.92 Å². The molecule has 0 saturated carbocycles. The number of hydrogen-bond donors (Lipinski definition) is 1. The van der Waals surface area contributed by atoms with E-state index in [9.17, 15) is 0 Å². The average molecular weight is 277 g/mol. The molecule has 1 aromatic rings. The van der Waals surface area contributed by atoms with Crippen molar-refractivity contribution in [2.24, 2.45) is 5.92 Å². The summed E-state index contributed by atoms with van der Waals surface area (Å²) in [5, 5.41) is 3.41. The van der Waals surface area contributed by atoms with E-state index in [-0.39, 0.29) is 0 Å². The van der Waals surface area contributed by atoms with E-state index in [0.717, 1.165) is 50.9 Å². The molecule has 1 aliphatic heterocycles. The zero-order chi connectivity index (χ0) is 14.2. The molecule has 112 valence electrons. The third kappa shape index (κ3) is 5.10. The molecule has 1 fully saturated rings. The summed E-state index contributed by atoms with van der Waals surface area (Å²) in [5.41, 5.74) is 2.32. The highest BCUT2D eigenvalue weighted by Crippen LogP contribution is 2.17. The fourth-order valence-corrected chi connectivity index (χ4v) is 2.65. The maximum absolute atomic E-state index is 5.41. The third-order valence-electron chi connectivity index (χ3n) is 3.74. The number of aromatic nitrogens is 1. The molecule has 2 rings (SSSR count). The molecule has 0 aromatic carbocycles. The number of hydrogen-bond acceptors (Lipinski definition) is 4. The van der Waals surface area contributed by atoms with E-state index in [1.54, 1.807) is 0 Å². The topological polar surface area (TPSA) is 37.4 Å². The third-order valence-corrected chi connectivity index (χ3v) is 3.74. The van der Waals surface area contributed by atoms with Gasteiger partial charge in [-0.2, -0.15) is 0 Å². The summed E-state index contributed by atoms with van der Waals surface area (Å²) < 4.78 is 5.41. The summed E-state index contributed by atoms with van der Waals surface area (Å²) in [5.74, 6) is 0.773. The van der Waals surface area contributed by atoms with E-state index in [1.165, 1.54) is 18.5 Å². The summed E-state index contributed by atoms with van der Waals surface area (Å²) >= 11 is 0. The summed E-state index contributed by atoms with van der Waals surface area (Å²) in [6.07, 6.45) is 5.42. The van der Waals surface area contributed by atoms with Crippen molar-refractivity contribution < 1.29 is 4.74 Å². The van der Waals surface area contributed by atoms with Crippen LogP contribution >= 0.6 is 0 Å². The molecule has 4 heteroatoms. The SMILES string of the molecule is CCCNc1ccnc(CN(C)CC2CCOCC2)c1. The van der Waals surface area contributed by atoms with Gasteiger partial charge in [-0.3, -0.25) is 4.98 Å². The molecular formula is C16H27N3O. The van der Waals surface area contributed by atoms with Gasteiger partial charge in [-0.05, 0) is 44.4 Å². The molecule has 1 N–H and O–H groups in total. The van der Waals surface area contributed by atoms with Gasteiger partial charge in [-0.1, -0.05) is 6.92 Å². The number of ether oxygens (including phenoxy) is 1. The second kappa shape index (κ2) is 8.22. The van der Waals surface area contributed by atoms with Gasteiger partial charge in [0.25, 0.3) is 0 Å². The molecule has 0 unspecified atom stereocenters. The minimum atomic E-state index is 0.773. The van der Waals surface area contributed by atoms with Gasteiger partial charge in [0, 0.05) is 44.7 Å². The number of pyridine rings is 1. The first kappa shape index (κ1) is 15.3. The molecule has 0 bridgehead atoms. The molecule has 1 aliphatic rings. The lowest BCUT2D eigenvalue weighted by Crippen LogP contribution is -2.29. The number of rotatable bonds is 7. The molecule has 0 atom stereocenters. The Morgan fingerprint density at radius 1 is 1.40 bits per heavy atom. The van der Waals surface area contributed by atoms with E-state index >= 15 is 0 Å². The van der Waals surface area contributed by atoms with Crippen LogP contribution < -0.4 is 5.32 Å². The van der Waals surface area contributed by atoms with Crippen LogP contribution in [0.5, 0.6) is 0 Å². The molecule has 20 heavy (non-hydrogen) atoms. The van der Waals surface area contributed by atoms with Crippen molar-refractivity contribution in [3.05, 3.63) is 24.0 Å². The Balaban J connectivity index is 1.81. The highest BCUT2D eigenvalue weighted by Gasteiger charge is 2.16. The maximum Gasteiger partial charge on any atom is 0.0564 e. The smallest absolute Gasteiger partial charge is 0.0564 e. The van der Waals surface area contributed by atoms with Crippen LogP contribution in [0.1, 0.15) is 31.9 Å². The van der Waals surface area contributed by atoms with Crippen molar-refractivity contribution in [2.45, 2.75) is 32.7 Å². The van der Waals surface area contributed by atoms with E-state index < -0.39 is 0 Å². The Bertz CT molecular complexity index is 391. The van der Waals surface area contributed by atoms with Crippen LogP contribution in [0.25, 0.3) is 0 Å². The quantitative estimate of drug-likeness (QED) is 0.831. The zero-order valence-electron chi connectivity index (χ0n) is 12.8. The normalized spacial score (nSPS) is 16.6. The molecule has 0 radical (unpaired) electrons. The standard InChI is InChI=1S/C16H27N3O/c1-3-7-17-15-4-8-18-16(11-15)13-19(2)12-14-5-9-20-10-6-14/h4,8,11,14H,3,5-7,9-10,12-13H2,1-2H3,(H,17,18). The predicted octanol–water partition coefficient (Wildman–Crippen LogP) is 2.76. The van der Waals surface area contributed by atoms with Gasteiger partial charge < -0.3 is 15.0 Å². The minimum absolute atomic E-state index is 0.773. The molecule has 4 nitrogen and oxygen atoms in total. The van der Waals surface area contributed by atoms with Gasteiger partial charge in [-0.15, -0.1) is 0 Å². The zero-order valence-corrected chi connectivity index (χ0v) is 12.8. The van der Waals surface area contributed by atoms with E-state index in [1.807, 2.05) is 12.3 Å². The Morgan fingerprint density at radius 3 is 2.95 bits per heavy atom. The predicted molar refractivity (Wildman–Crippen MR) is 82.9 cm³/mol. The number of nitrogens with zero attached hydrogens (tertiary/aromatic N) is 2. The van der Waals surface area contributed by atoms with Gasteiger partial charge in [-0.25, -0.2) is 0 Å². The lowest BCUT2D eigenvalue weighted by atomic mass is 10.00. The highest BCUT2D eigenvalue weighted by atomic mass is 16.5. The van der Waals surface area contributed by atoms with Crippen molar-refractivity contribution in [1.82, 2.24) is 9.88 Å². The minimum Gasteiger partial charge on any atom is -0.385 e. The van der Waals surface area contributed by atoms with Crippen molar-refractivity contribution >= 4 is 5.69 Å². The largest absolute Gasteiger partial charge is 0.385 e. The molecule has 0 spiro atoms. The first-order valence-corrected chi connectivity index (χ1v) is 7.73. The van der Waals surface area contributed by atoms with Crippen LogP contribution in [-0.4, -0.2) is 43.2 Å². The number of anilines is 1. The molecule has 2 heterocycles. The van der Waals surface area contributed by atoms with E-state index in [2.05, 4.69) is 35.2 Å². The van der Waals surface area contributed by atoms with Crippen LogP contribution in [0.15, 0.2) is 18.3 Å². The first-order valence-electron chi connectivity index (χ1n) is 7.73. The molecule has 1 aromatic heterocycles. The van der Waals surface area contributed by atoms with Gasteiger partial charge in [0.15, 0.2) is 0 Å². The van der Waals surface area contributed by atoms with Crippen molar-refractivity contribution in [3.8, 4) is 0 Å². The van der Waals surface area contributed by atoms with Gasteiger partial charge in [0.05, 0.1) is 5.69 Å². The van der Waals surface area contributed by atoms with Crippen LogP contribution in [0.2, 0.25) is 0 Å². The Kier molecular flexibility index (Phi) is 6.27. The highest BCUT2D eigenvalue weighted by molar-refractivity contribution is 5.43.